The summed E-state index contributed by atoms with van der Waals surface area (Å²) >= 11 is 1.43. The minimum atomic E-state index is -0.0349. The first-order valence-corrected chi connectivity index (χ1v) is 6.57. The zero-order valence-electron chi connectivity index (χ0n) is 9.97. The fourth-order valence-electron chi connectivity index (χ4n) is 1.50. The van der Waals surface area contributed by atoms with Gasteiger partial charge in [-0.25, -0.2) is 0 Å². The molecule has 0 aliphatic heterocycles. The largest absolute Gasteiger partial charge is 0.326 e. The summed E-state index contributed by atoms with van der Waals surface area (Å²) in [4.78, 5) is 24.0. The SMILES string of the molecule is CCC(=O)Nc1ccc(C(=O)c2cccs2)cc1. The van der Waals surface area contributed by atoms with Crippen LogP contribution in [0.2, 0.25) is 0 Å². The highest BCUT2D eigenvalue weighted by Crippen LogP contribution is 2.17. The lowest BCUT2D eigenvalue weighted by Gasteiger charge is -2.04. The molecule has 1 amide bonds. The molecule has 3 nitrogen and oxygen atoms in total. The Morgan fingerprint density at radius 2 is 1.89 bits per heavy atom. The van der Waals surface area contributed by atoms with Gasteiger partial charge < -0.3 is 5.32 Å². The van der Waals surface area contributed by atoms with E-state index in [1.165, 1.54) is 11.3 Å². The molecule has 2 aromatic rings. The van der Waals surface area contributed by atoms with Crippen molar-refractivity contribution < 1.29 is 9.59 Å². The molecule has 1 aromatic carbocycles. The molecule has 0 bridgehead atoms. The summed E-state index contributed by atoms with van der Waals surface area (Å²) in [6, 6.07) is 10.6. The molecule has 0 saturated carbocycles. The average Bonchev–Trinajstić information content (AvgIpc) is 2.92. The third kappa shape index (κ3) is 2.84. The molecule has 0 fully saturated rings. The third-order valence-corrected chi connectivity index (χ3v) is 3.37. The average molecular weight is 259 g/mol. The van der Waals surface area contributed by atoms with Crippen molar-refractivity contribution in [1.29, 1.82) is 0 Å². The zero-order chi connectivity index (χ0) is 13.0. The van der Waals surface area contributed by atoms with Crippen LogP contribution in [-0.4, -0.2) is 11.7 Å². The lowest BCUT2D eigenvalue weighted by Crippen LogP contribution is -2.09. The van der Waals surface area contributed by atoms with Gasteiger partial charge in [-0.15, -0.1) is 11.3 Å². The molecule has 0 aliphatic carbocycles. The highest BCUT2D eigenvalue weighted by molar-refractivity contribution is 7.12. The van der Waals surface area contributed by atoms with Gasteiger partial charge in [-0.3, -0.25) is 9.59 Å². The minimum Gasteiger partial charge on any atom is -0.326 e. The maximum absolute atomic E-state index is 12.0. The van der Waals surface area contributed by atoms with E-state index in [-0.39, 0.29) is 11.7 Å². The maximum atomic E-state index is 12.0. The van der Waals surface area contributed by atoms with Gasteiger partial charge in [0.25, 0.3) is 0 Å². The summed E-state index contributed by atoms with van der Waals surface area (Å²) in [6.45, 7) is 1.80. The first-order chi connectivity index (χ1) is 8.70. The first kappa shape index (κ1) is 12.5. The van der Waals surface area contributed by atoms with Gasteiger partial charge in [-0.2, -0.15) is 0 Å². The summed E-state index contributed by atoms with van der Waals surface area (Å²) < 4.78 is 0. The second-order valence-corrected chi connectivity index (χ2v) is 4.73. The molecule has 4 heteroatoms. The molecule has 0 radical (unpaired) electrons. The van der Waals surface area contributed by atoms with E-state index in [0.717, 1.165) is 4.88 Å². The number of benzene rings is 1. The smallest absolute Gasteiger partial charge is 0.224 e. The molecule has 92 valence electrons. The Bertz CT molecular complexity index is 544. The second-order valence-electron chi connectivity index (χ2n) is 3.79. The Hall–Kier alpha value is -1.94. The standard InChI is InChI=1S/C14H13NO2S/c1-2-13(16)15-11-7-5-10(6-8-11)14(17)12-4-3-9-18-12/h3-9H,2H2,1H3,(H,15,16). The molecule has 1 heterocycles. The Labute approximate surface area is 109 Å². The van der Waals surface area contributed by atoms with E-state index in [4.69, 9.17) is 0 Å². The lowest BCUT2D eigenvalue weighted by molar-refractivity contribution is -0.115. The normalized spacial score (nSPS) is 10.1. The maximum Gasteiger partial charge on any atom is 0.224 e. The molecular formula is C14H13NO2S. The highest BCUT2D eigenvalue weighted by Gasteiger charge is 2.09. The van der Waals surface area contributed by atoms with E-state index >= 15 is 0 Å². The van der Waals surface area contributed by atoms with Crippen LogP contribution in [0.5, 0.6) is 0 Å². The first-order valence-electron chi connectivity index (χ1n) is 5.69. The van der Waals surface area contributed by atoms with Gasteiger partial charge >= 0.3 is 0 Å². The van der Waals surface area contributed by atoms with Gasteiger partial charge in [0.15, 0.2) is 0 Å². The number of thiophene rings is 1. The number of anilines is 1. The van der Waals surface area contributed by atoms with Crippen molar-refractivity contribution in [2.24, 2.45) is 0 Å². The van der Waals surface area contributed by atoms with Crippen LogP contribution in [0.4, 0.5) is 5.69 Å². The van der Waals surface area contributed by atoms with Crippen LogP contribution in [0.3, 0.4) is 0 Å². The fraction of sp³-hybridized carbons (Fsp3) is 0.143. The summed E-state index contributed by atoms with van der Waals surface area (Å²) in [5, 5.41) is 4.62. The van der Waals surface area contributed by atoms with Crippen LogP contribution < -0.4 is 5.32 Å². The van der Waals surface area contributed by atoms with E-state index in [9.17, 15) is 9.59 Å². The van der Waals surface area contributed by atoms with Gasteiger partial charge in [0, 0.05) is 17.7 Å². The summed E-state index contributed by atoms with van der Waals surface area (Å²) in [7, 11) is 0. The second kappa shape index (κ2) is 5.60. The van der Waals surface area contributed by atoms with Crippen molar-refractivity contribution in [3.63, 3.8) is 0 Å². The van der Waals surface area contributed by atoms with Crippen molar-refractivity contribution in [2.75, 3.05) is 5.32 Å². The Kier molecular flexibility index (Phi) is 3.89. The molecule has 0 spiro atoms. The van der Waals surface area contributed by atoms with Crippen molar-refractivity contribution >= 4 is 28.7 Å². The summed E-state index contributed by atoms with van der Waals surface area (Å²) in [5.41, 5.74) is 1.34. The number of ketones is 1. The number of carbonyl (C=O) groups is 2. The van der Waals surface area contributed by atoms with E-state index in [1.807, 2.05) is 11.4 Å². The van der Waals surface area contributed by atoms with Crippen molar-refractivity contribution in [2.45, 2.75) is 13.3 Å². The van der Waals surface area contributed by atoms with Crippen LogP contribution in [0.25, 0.3) is 0 Å². The number of rotatable bonds is 4. The number of nitrogens with one attached hydrogen (secondary N) is 1. The number of hydrogen-bond donors (Lipinski definition) is 1. The number of carbonyl (C=O) groups excluding carboxylic acids is 2. The Morgan fingerprint density at radius 1 is 1.17 bits per heavy atom. The molecule has 0 saturated heterocycles. The third-order valence-electron chi connectivity index (χ3n) is 2.50. The molecular weight excluding hydrogens is 246 g/mol. The van der Waals surface area contributed by atoms with E-state index < -0.39 is 0 Å². The van der Waals surface area contributed by atoms with Crippen LogP contribution >= 0.6 is 11.3 Å². The minimum absolute atomic E-state index is 0.0124. The Balaban J connectivity index is 2.13. The summed E-state index contributed by atoms with van der Waals surface area (Å²) in [5.74, 6) is -0.0225. The van der Waals surface area contributed by atoms with Gasteiger partial charge in [0.2, 0.25) is 11.7 Å². The van der Waals surface area contributed by atoms with E-state index in [2.05, 4.69) is 5.32 Å². The van der Waals surface area contributed by atoms with Crippen molar-refractivity contribution in [3.05, 3.63) is 52.2 Å². The highest BCUT2D eigenvalue weighted by atomic mass is 32.1. The van der Waals surface area contributed by atoms with Crippen molar-refractivity contribution in [3.8, 4) is 0 Å². The van der Waals surface area contributed by atoms with Crippen molar-refractivity contribution in [1.82, 2.24) is 0 Å². The topological polar surface area (TPSA) is 46.2 Å². The quantitative estimate of drug-likeness (QED) is 0.856. The lowest BCUT2D eigenvalue weighted by atomic mass is 10.1. The van der Waals surface area contributed by atoms with Gasteiger partial charge in [-0.1, -0.05) is 13.0 Å². The predicted molar refractivity (Wildman–Crippen MR) is 73.1 cm³/mol. The Morgan fingerprint density at radius 3 is 2.44 bits per heavy atom. The molecule has 0 atom stereocenters. The molecule has 0 unspecified atom stereocenters. The predicted octanol–water partition coefficient (Wildman–Crippen LogP) is 3.33. The van der Waals surface area contributed by atoms with E-state index in [0.29, 0.717) is 17.7 Å². The van der Waals surface area contributed by atoms with Crippen LogP contribution in [-0.2, 0) is 4.79 Å². The van der Waals surface area contributed by atoms with Crippen LogP contribution in [0.15, 0.2) is 41.8 Å². The summed E-state index contributed by atoms with van der Waals surface area (Å²) in [6.07, 6.45) is 0.440. The molecule has 0 aliphatic rings. The molecule has 1 aromatic heterocycles. The van der Waals surface area contributed by atoms with Gasteiger partial charge in [0.05, 0.1) is 4.88 Å². The number of amides is 1. The van der Waals surface area contributed by atoms with Crippen LogP contribution in [0, 0.1) is 0 Å². The fourth-order valence-corrected chi connectivity index (χ4v) is 2.19. The molecule has 2 rings (SSSR count). The van der Waals surface area contributed by atoms with Gasteiger partial charge in [0.1, 0.15) is 0 Å². The van der Waals surface area contributed by atoms with E-state index in [1.54, 1.807) is 37.3 Å². The molecule has 1 N–H and O–H groups in total. The zero-order valence-corrected chi connectivity index (χ0v) is 10.8. The number of hydrogen-bond acceptors (Lipinski definition) is 3. The van der Waals surface area contributed by atoms with Crippen LogP contribution in [0.1, 0.15) is 28.6 Å². The molecule has 18 heavy (non-hydrogen) atoms. The van der Waals surface area contributed by atoms with Gasteiger partial charge in [-0.05, 0) is 35.7 Å². The monoisotopic (exact) mass is 259 g/mol.